The zero-order chi connectivity index (χ0) is 12.1. The Balaban J connectivity index is 3.04. The van der Waals surface area contributed by atoms with E-state index in [4.69, 9.17) is 11.6 Å². The minimum absolute atomic E-state index is 0.516. The number of alkyl halides is 1. The van der Waals surface area contributed by atoms with Crippen molar-refractivity contribution in [1.29, 1.82) is 0 Å². The van der Waals surface area contributed by atoms with Gasteiger partial charge in [0.05, 0.1) is 0 Å². The van der Waals surface area contributed by atoms with Crippen LogP contribution in [0.3, 0.4) is 0 Å². The van der Waals surface area contributed by atoms with Gasteiger partial charge in [-0.05, 0) is 44.9 Å². The third-order valence-corrected chi connectivity index (χ3v) is 3.22. The van der Waals surface area contributed by atoms with Gasteiger partial charge in [-0.3, -0.25) is 0 Å². The third-order valence-electron chi connectivity index (χ3n) is 2.91. The van der Waals surface area contributed by atoms with Crippen LogP contribution >= 0.6 is 11.6 Å². The number of halogens is 1. The molecule has 0 saturated carbocycles. The van der Waals surface area contributed by atoms with Gasteiger partial charge in [0, 0.05) is 24.2 Å². The van der Waals surface area contributed by atoms with E-state index in [0.717, 1.165) is 30.0 Å². The molecule has 0 amide bonds. The van der Waals surface area contributed by atoms with E-state index in [9.17, 15) is 0 Å². The number of anilines is 1. The highest BCUT2D eigenvalue weighted by atomic mass is 35.5. The van der Waals surface area contributed by atoms with E-state index in [2.05, 4.69) is 36.7 Å². The first-order chi connectivity index (χ1) is 7.62. The highest BCUT2D eigenvalue weighted by molar-refractivity contribution is 6.17. The molecule has 3 heteroatoms. The van der Waals surface area contributed by atoms with Crippen molar-refractivity contribution in [2.45, 2.75) is 46.0 Å². The average Bonchev–Trinajstić information content (AvgIpc) is 2.29. The van der Waals surface area contributed by atoms with Gasteiger partial charge in [0.1, 0.15) is 5.82 Å². The summed E-state index contributed by atoms with van der Waals surface area (Å²) in [4.78, 5) is 6.91. The number of aromatic nitrogens is 1. The maximum atomic E-state index is 5.89. The van der Waals surface area contributed by atoms with Gasteiger partial charge in [-0.15, -0.1) is 11.6 Å². The molecular weight excluding hydrogens is 220 g/mol. The molecule has 0 aromatic carbocycles. The number of aryl methyl sites for hydroxylation is 1. The minimum atomic E-state index is 0.516. The summed E-state index contributed by atoms with van der Waals surface area (Å²) < 4.78 is 0. The molecule has 16 heavy (non-hydrogen) atoms. The van der Waals surface area contributed by atoms with Crippen molar-refractivity contribution < 1.29 is 0 Å². The summed E-state index contributed by atoms with van der Waals surface area (Å²) in [5, 5.41) is 0. The van der Waals surface area contributed by atoms with Gasteiger partial charge < -0.3 is 4.90 Å². The first kappa shape index (κ1) is 13.3. The lowest BCUT2D eigenvalue weighted by atomic mass is 10.2. The van der Waals surface area contributed by atoms with E-state index in [0.29, 0.717) is 11.9 Å². The second kappa shape index (κ2) is 6.09. The van der Waals surface area contributed by atoms with Crippen LogP contribution in [0.5, 0.6) is 0 Å². The summed E-state index contributed by atoms with van der Waals surface area (Å²) in [5.74, 6) is 1.60. The molecule has 1 aromatic heterocycles. The van der Waals surface area contributed by atoms with Crippen molar-refractivity contribution in [3.63, 3.8) is 0 Å². The molecule has 1 atom stereocenters. The van der Waals surface area contributed by atoms with E-state index in [1.807, 2.05) is 13.0 Å². The molecule has 0 aliphatic heterocycles. The van der Waals surface area contributed by atoms with Crippen LogP contribution in [0.15, 0.2) is 12.1 Å². The fourth-order valence-corrected chi connectivity index (χ4v) is 2.02. The second-order valence-corrected chi connectivity index (χ2v) is 4.42. The van der Waals surface area contributed by atoms with Crippen LogP contribution in [0, 0.1) is 6.92 Å². The molecule has 0 radical (unpaired) electrons. The zero-order valence-electron chi connectivity index (χ0n) is 10.6. The molecule has 0 fully saturated rings. The Bertz CT molecular complexity index is 339. The highest BCUT2D eigenvalue weighted by Gasteiger charge is 2.13. The molecule has 0 aliphatic carbocycles. The number of hydrogen-bond donors (Lipinski definition) is 0. The predicted octanol–water partition coefficient (Wildman–Crippen LogP) is 3.75. The number of nitrogens with zero attached hydrogens (tertiary/aromatic N) is 2. The summed E-state index contributed by atoms with van der Waals surface area (Å²) >= 11 is 5.89. The normalized spacial score (nSPS) is 12.6. The van der Waals surface area contributed by atoms with Crippen LogP contribution in [0.2, 0.25) is 0 Å². The van der Waals surface area contributed by atoms with E-state index in [-0.39, 0.29) is 0 Å². The average molecular weight is 241 g/mol. The lowest BCUT2D eigenvalue weighted by Gasteiger charge is -2.28. The minimum Gasteiger partial charge on any atom is -0.354 e. The van der Waals surface area contributed by atoms with Crippen molar-refractivity contribution in [2.24, 2.45) is 0 Å². The molecule has 2 nitrogen and oxygen atoms in total. The molecule has 0 N–H and O–H groups in total. The van der Waals surface area contributed by atoms with Crippen molar-refractivity contribution in [2.75, 3.05) is 11.4 Å². The van der Waals surface area contributed by atoms with Crippen molar-refractivity contribution in [3.05, 3.63) is 23.4 Å². The number of rotatable bonds is 5. The maximum Gasteiger partial charge on any atom is 0.129 e. The van der Waals surface area contributed by atoms with Crippen LogP contribution in [0.1, 0.15) is 38.4 Å². The fourth-order valence-electron chi connectivity index (χ4n) is 1.87. The monoisotopic (exact) mass is 240 g/mol. The van der Waals surface area contributed by atoms with Gasteiger partial charge >= 0.3 is 0 Å². The molecule has 1 rings (SSSR count). The molecule has 90 valence electrons. The summed E-state index contributed by atoms with van der Waals surface area (Å²) in [6, 6.07) is 4.65. The Morgan fingerprint density at radius 3 is 2.56 bits per heavy atom. The molecule has 0 spiro atoms. The molecule has 0 bridgehead atoms. The maximum absolute atomic E-state index is 5.89. The summed E-state index contributed by atoms with van der Waals surface area (Å²) in [5.41, 5.74) is 2.18. The molecule has 1 aromatic rings. The topological polar surface area (TPSA) is 16.1 Å². The largest absolute Gasteiger partial charge is 0.354 e. The first-order valence-corrected chi connectivity index (χ1v) is 6.46. The number of hydrogen-bond acceptors (Lipinski definition) is 2. The number of pyridine rings is 1. The standard InChI is InChI=1S/C13H21ClN2/c1-5-11(4)16(6-2)13-8-12(9-14)7-10(3)15-13/h7-8,11H,5-6,9H2,1-4H3. The van der Waals surface area contributed by atoms with E-state index in [1.165, 1.54) is 0 Å². The van der Waals surface area contributed by atoms with Gasteiger partial charge in [-0.2, -0.15) is 0 Å². The lowest BCUT2D eigenvalue weighted by molar-refractivity contribution is 0.622. The van der Waals surface area contributed by atoms with E-state index in [1.54, 1.807) is 0 Å². The Labute approximate surface area is 104 Å². The Morgan fingerprint density at radius 2 is 2.06 bits per heavy atom. The summed E-state index contributed by atoms with van der Waals surface area (Å²) in [6.45, 7) is 9.59. The van der Waals surface area contributed by atoms with Crippen LogP contribution in [0.4, 0.5) is 5.82 Å². The quantitative estimate of drug-likeness (QED) is 0.729. The second-order valence-electron chi connectivity index (χ2n) is 4.15. The fraction of sp³-hybridized carbons (Fsp3) is 0.615. The SMILES string of the molecule is CCC(C)N(CC)c1cc(CCl)cc(C)n1. The molecule has 0 saturated heterocycles. The smallest absolute Gasteiger partial charge is 0.129 e. The van der Waals surface area contributed by atoms with Gasteiger partial charge in [0.2, 0.25) is 0 Å². The molecular formula is C13H21ClN2. The van der Waals surface area contributed by atoms with E-state index < -0.39 is 0 Å². The summed E-state index contributed by atoms with van der Waals surface area (Å²) in [7, 11) is 0. The van der Waals surface area contributed by atoms with Gasteiger partial charge in [-0.1, -0.05) is 6.92 Å². The van der Waals surface area contributed by atoms with Crippen LogP contribution in [0.25, 0.3) is 0 Å². The third kappa shape index (κ3) is 3.11. The van der Waals surface area contributed by atoms with Crippen LogP contribution in [-0.2, 0) is 5.88 Å². The van der Waals surface area contributed by atoms with Crippen molar-refractivity contribution >= 4 is 17.4 Å². The predicted molar refractivity (Wildman–Crippen MR) is 71.3 cm³/mol. The lowest BCUT2D eigenvalue weighted by Crippen LogP contribution is -2.33. The van der Waals surface area contributed by atoms with Gasteiger partial charge in [0.25, 0.3) is 0 Å². The molecule has 0 aliphatic rings. The molecule has 1 unspecified atom stereocenters. The van der Waals surface area contributed by atoms with Crippen molar-refractivity contribution in [1.82, 2.24) is 4.98 Å². The summed E-state index contributed by atoms with van der Waals surface area (Å²) in [6.07, 6.45) is 1.12. The molecule has 1 heterocycles. The Hall–Kier alpha value is -0.760. The Kier molecular flexibility index (Phi) is 5.07. The van der Waals surface area contributed by atoms with Crippen LogP contribution in [-0.4, -0.2) is 17.6 Å². The van der Waals surface area contributed by atoms with Crippen LogP contribution < -0.4 is 4.90 Å². The van der Waals surface area contributed by atoms with Crippen molar-refractivity contribution in [3.8, 4) is 0 Å². The highest BCUT2D eigenvalue weighted by Crippen LogP contribution is 2.19. The van der Waals surface area contributed by atoms with E-state index >= 15 is 0 Å². The Morgan fingerprint density at radius 1 is 1.38 bits per heavy atom. The van der Waals surface area contributed by atoms with Gasteiger partial charge in [-0.25, -0.2) is 4.98 Å². The van der Waals surface area contributed by atoms with Gasteiger partial charge in [0.15, 0.2) is 0 Å². The first-order valence-electron chi connectivity index (χ1n) is 5.92. The zero-order valence-corrected chi connectivity index (χ0v) is 11.4.